The summed E-state index contributed by atoms with van der Waals surface area (Å²) < 4.78 is 5.73. The fourth-order valence-electron chi connectivity index (χ4n) is 2.05. The Morgan fingerprint density at radius 1 is 1.32 bits per heavy atom. The number of nitrogen functional groups attached to an aromatic ring is 1. The topological polar surface area (TPSA) is 81.2 Å². The van der Waals surface area contributed by atoms with Crippen LogP contribution in [-0.2, 0) is 16.6 Å². The minimum atomic E-state index is -0.180. The summed E-state index contributed by atoms with van der Waals surface area (Å²) in [5.74, 6) is 1.06. The lowest BCUT2D eigenvalue weighted by atomic mass is 9.97. The lowest BCUT2D eigenvalue weighted by molar-refractivity contribution is -0.115. The molecule has 0 saturated carbocycles. The van der Waals surface area contributed by atoms with E-state index in [0.717, 1.165) is 11.3 Å². The second kappa shape index (κ2) is 5.83. The highest BCUT2D eigenvalue weighted by molar-refractivity contribution is 5.94. The SMILES string of the molecule is Cc1ccc(NC(=O)Cc2oc(C(C)(C)C)nc2C)c(N)c1. The number of rotatable bonds is 3. The van der Waals surface area contributed by atoms with Gasteiger partial charge in [0.25, 0.3) is 0 Å². The number of hydrogen-bond donors (Lipinski definition) is 2. The average molecular weight is 301 g/mol. The van der Waals surface area contributed by atoms with Crippen molar-refractivity contribution in [1.82, 2.24) is 4.98 Å². The van der Waals surface area contributed by atoms with Crippen molar-refractivity contribution in [3.63, 3.8) is 0 Å². The molecule has 0 bridgehead atoms. The van der Waals surface area contributed by atoms with Gasteiger partial charge in [-0.15, -0.1) is 0 Å². The summed E-state index contributed by atoms with van der Waals surface area (Å²) in [6, 6.07) is 5.53. The number of aromatic nitrogens is 1. The number of benzene rings is 1. The number of nitrogens with one attached hydrogen (secondary N) is 1. The Labute approximate surface area is 130 Å². The van der Waals surface area contributed by atoms with Gasteiger partial charge in [0.2, 0.25) is 5.91 Å². The number of nitrogens with two attached hydrogens (primary N) is 1. The largest absolute Gasteiger partial charge is 0.444 e. The van der Waals surface area contributed by atoms with Gasteiger partial charge in [0.05, 0.1) is 23.5 Å². The van der Waals surface area contributed by atoms with E-state index in [-0.39, 0.29) is 17.7 Å². The van der Waals surface area contributed by atoms with Gasteiger partial charge in [-0.2, -0.15) is 0 Å². The summed E-state index contributed by atoms with van der Waals surface area (Å²) >= 11 is 0. The van der Waals surface area contributed by atoms with Crippen molar-refractivity contribution in [2.75, 3.05) is 11.1 Å². The second-order valence-electron chi connectivity index (χ2n) is 6.59. The Morgan fingerprint density at radius 3 is 2.55 bits per heavy atom. The minimum absolute atomic E-state index is 0.141. The fraction of sp³-hybridized carbons (Fsp3) is 0.412. The van der Waals surface area contributed by atoms with Crippen molar-refractivity contribution in [3.05, 3.63) is 41.1 Å². The first-order chi connectivity index (χ1) is 10.2. The molecule has 0 atom stereocenters. The molecule has 0 aliphatic carbocycles. The van der Waals surface area contributed by atoms with Crippen molar-refractivity contribution in [1.29, 1.82) is 0 Å². The number of anilines is 2. The van der Waals surface area contributed by atoms with Crippen LogP contribution in [-0.4, -0.2) is 10.9 Å². The number of carbonyl (C=O) groups is 1. The predicted octanol–water partition coefficient (Wildman–Crippen LogP) is 3.35. The summed E-state index contributed by atoms with van der Waals surface area (Å²) in [4.78, 5) is 16.6. The van der Waals surface area contributed by atoms with Gasteiger partial charge < -0.3 is 15.5 Å². The van der Waals surface area contributed by atoms with Crippen LogP contribution in [0, 0.1) is 13.8 Å². The zero-order valence-corrected chi connectivity index (χ0v) is 13.8. The molecule has 0 aliphatic heterocycles. The van der Waals surface area contributed by atoms with Crippen molar-refractivity contribution >= 4 is 17.3 Å². The molecule has 3 N–H and O–H groups in total. The first-order valence-corrected chi connectivity index (χ1v) is 7.29. The number of oxazole rings is 1. The van der Waals surface area contributed by atoms with E-state index in [1.165, 1.54) is 0 Å². The maximum atomic E-state index is 12.2. The van der Waals surface area contributed by atoms with E-state index in [1.807, 2.05) is 46.8 Å². The molecule has 0 unspecified atom stereocenters. The Morgan fingerprint density at radius 2 is 2.00 bits per heavy atom. The Kier molecular flexibility index (Phi) is 4.26. The Bertz CT molecular complexity index is 696. The molecule has 0 spiro atoms. The zero-order chi connectivity index (χ0) is 16.5. The maximum absolute atomic E-state index is 12.2. The highest BCUT2D eigenvalue weighted by Gasteiger charge is 2.23. The fourth-order valence-corrected chi connectivity index (χ4v) is 2.05. The van der Waals surface area contributed by atoms with Gasteiger partial charge in [0.1, 0.15) is 5.76 Å². The normalized spacial score (nSPS) is 11.5. The first-order valence-electron chi connectivity index (χ1n) is 7.29. The van der Waals surface area contributed by atoms with Gasteiger partial charge in [-0.05, 0) is 31.5 Å². The monoisotopic (exact) mass is 301 g/mol. The van der Waals surface area contributed by atoms with Crippen LogP contribution < -0.4 is 11.1 Å². The van der Waals surface area contributed by atoms with Crippen LogP contribution in [0.4, 0.5) is 11.4 Å². The molecule has 1 amide bonds. The molecule has 1 aromatic carbocycles. The molecule has 0 fully saturated rings. The number of carbonyl (C=O) groups excluding carboxylic acids is 1. The smallest absolute Gasteiger partial charge is 0.232 e. The first kappa shape index (κ1) is 16.1. The van der Waals surface area contributed by atoms with Crippen molar-refractivity contribution < 1.29 is 9.21 Å². The molecule has 0 aliphatic rings. The highest BCUT2D eigenvalue weighted by atomic mass is 16.4. The third-order valence-corrected chi connectivity index (χ3v) is 3.34. The highest BCUT2D eigenvalue weighted by Crippen LogP contribution is 2.25. The van der Waals surface area contributed by atoms with Crippen molar-refractivity contribution in [2.45, 2.75) is 46.5 Å². The summed E-state index contributed by atoms with van der Waals surface area (Å²) in [5.41, 5.74) is 8.69. The van der Waals surface area contributed by atoms with Crippen molar-refractivity contribution in [3.8, 4) is 0 Å². The predicted molar refractivity (Wildman–Crippen MR) is 87.9 cm³/mol. The van der Waals surface area contributed by atoms with Gasteiger partial charge in [-0.1, -0.05) is 26.8 Å². The molecule has 2 aromatic rings. The summed E-state index contributed by atoms with van der Waals surface area (Å²) in [6.45, 7) is 9.87. The molecule has 22 heavy (non-hydrogen) atoms. The molecule has 1 aromatic heterocycles. The number of aryl methyl sites for hydroxylation is 2. The van der Waals surface area contributed by atoms with Gasteiger partial charge in [0, 0.05) is 5.41 Å². The number of nitrogens with zero attached hydrogens (tertiary/aromatic N) is 1. The third kappa shape index (κ3) is 3.67. The molecular formula is C17H23N3O2. The standard InChI is InChI=1S/C17H23N3O2/c1-10-6-7-13(12(18)8-10)20-15(21)9-14-11(2)19-16(22-14)17(3,4)5/h6-8H,9,18H2,1-5H3,(H,20,21). The lowest BCUT2D eigenvalue weighted by Crippen LogP contribution is -2.15. The second-order valence-corrected chi connectivity index (χ2v) is 6.59. The van der Waals surface area contributed by atoms with E-state index in [2.05, 4.69) is 10.3 Å². The van der Waals surface area contributed by atoms with Crippen LogP contribution in [0.1, 0.15) is 43.7 Å². The number of amides is 1. The molecule has 5 nitrogen and oxygen atoms in total. The Balaban J connectivity index is 2.11. The van der Waals surface area contributed by atoms with Gasteiger partial charge in [0.15, 0.2) is 5.89 Å². The molecule has 0 saturated heterocycles. The van der Waals surface area contributed by atoms with Gasteiger partial charge in [-0.3, -0.25) is 4.79 Å². The van der Waals surface area contributed by atoms with E-state index in [4.69, 9.17) is 10.2 Å². The maximum Gasteiger partial charge on any atom is 0.232 e. The van der Waals surface area contributed by atoms with Gasteiger partial charge >= 0.3 is 0 Å². The minimum Gasteiger partial charge on any atom is -0.444 e. The quantitative estimate of drug-likeness (QED) is 0.852. The molecule has 118 valence electrons. The molecule has 5 heteroatoms. The molecular weight excluding hydrogens is 278 g/mol. The number of hydrogen-bond acceptors (Lipinski definition) is 4. The van der Waals surface area contributed by atoms with Crippen LogP contribution in [0.25, 0.3) is 0 Å². The summed E-state index contributed by atoms with van der Waals surface area (Å²) in [5, 5.41) is 2.81. The summed E-state index contributed by atoms with van der Waals surface area (Å²) in [7, 11) is 0. The van der Waals surface area contributed by atoms with Crippen molar-refractivity contribution in [2.24, 2.45) is 0 Å². The van der Waals surface area contributed by atoms with E-state index in [1.54, 1.807) is 6.07 Å². The Hall–Kier alpha value is -2.30. The van der Waals surface area contributed by atoms with Crippen LogP contribution >= 0.6 is 0 Å². The summed E-state index contributed by atoms with van der Waals surface area (Å²) in [6.07, 6.45) is 0.141. The molecule has 0 radical (unpaired) electrons. The van der Waals surface area contributed by atoms with Crippen LogP contribution in [0.5, 0.6) is 0 Å². The van der Waals surface area contributed by atoms with E-state index in [9.17, 15) is 4.79 Å². The third-order valence-electron chi connectivity index (χ3n) is 3.34. The lowest BCUT2D eigenvalue weighted by Gasteiger charge is -2.12. The van der Waals surface area contributed by atoms with Crippen LogP contribution in [0.3, 0.4) is 0 Å². The zero-order valence-electron chi connectivity index (χ0n) is 13.8. The van der Waals surface area contributed by atoms with Gasteiger partial charge in [-0.25, -0.2) is 4.98 Å². The van der Waals surface area contributed by atoms with E-state index in [0.29, 0.717) is 23.0 Å². The average Bonchev–Trinajstić information content (AvgIpc) is 2.74. The molecule has 1 heterocycles. The molecule has 2 rings (SSSR count). The van der Waals surface area contributed by atoms with Crippen LogP contribution in [0.2, 0.25) is 0 Å². The van der Waals surface area contributed by atoms with E-state index >= 15 is 0 Å². The van der Waals surface area contributed by atoms with Crippen LogP contribution in [0.15, 0.2) is 22.6 Å². The van der Waals surface area contributed by atoms with E-state index < -0.39 is 0 Å².